The number of ether oxygens (including phenoxy) is 2. The minimum atomic E-state index is -0.424. The molecule has 0 radical (unpaired) electrons. The van der Waals surface area contributed by atoms with Crippen LogP contribution in [-0.4, -0.2) is 41.8 Å². The molecule has 2 aromatic heterocycles. The highest BCUT2D eigenvalue weighted by atomic mass is 16.5. The lowest BCUT2D eigenvalue weighted by molar-refractivity contribution is 0.0526. The van der Waals surface area contributed by atoms with Crippen LogP contribution < -0.4 is 5.32 Å². The average molecular weight is 335 g/mol. The Bertz CT molecular complexity index is 709. The summed E-state index contributed by atoms with van der Waals surface area (Å²) < 4.78 is 16.3. The normalized spacial score (nSPS) is 11.2. The van der Waals surface area contributed by atoms with E-state index in [2.05, 4.69) is 15.3 Å². The number of aromatic nitrogens is 2. The van der Waals surface area contributed by atoms with Gasteiger partial charge in [0.1, 0.15) is 23.0 Å². The van der Waals surface area contributed by atoms with E-state index >= 15 is 0 Å². The van der Waals surface area contributed by atoms with Gasteiger partial charge in [0.15, 0.2) is 0 Å². The number of nitrogens with zero attached hydrogens (tertiary/aromatic N) is 2. The molecule has 7 nitrogen and oxygen atoms in total. The summed E-state index contributed by atoms with van der Waals surface area (Å²) in [7, 11) is 0. The predicted molar refractivity (Wildman–Crippen MR) is 91.4 cm³/mol. The number of aryl methyl sites for hydroxylation is 2. The monoisotopic (exact) mass is 335 g/mol. The maximum absolute atomic E-state index is 12.2. The molecule has 0 spiro atoms. The van der Waals surface area contributed by atoms with E-state index in [9.17, 15) is 4.79 Å². The Morgan fingerprint density at radius 1 is 1.29 bits per heavy atom. The lowest BCUT2D eigenvalue weighted by Crippen LogP contribution is -2.12. The molecule has 0 aliphatic rings. The quantitative estimate of drug-likeness (QED) is 0.585. The largest absolute Gasteiger partial charge is 0.462 e. The van der Waals surface area contributed by atoms with Crippen molar-refractivity contribution in [2.24, 2.45) is 0 Å². The van der Waals surface area contributed by atoms with Crippen LogP contribution in [-0.2, 0) is 9.47 Å². The number of furan rings is 1. The molecule has 2 aromatic rings. The molecule has 0 saturated carbocycles. The van der Waals surface area contributed by atoms with Crippen molar-refractivity contribution in [2.45, 2.75) is 47.1 Å². The standard InChI is InChI=1S/C17H25N3O4/c1-6-22-17(21)13-11(4)24-16-14(13)15(19-12(5)20-16)18-8-7-9-23-10(2)3/h10H,6-9H2,1-5H3,(H,18,19,20). The van der Waals surface area contributed by atoms with Gasteiger partial charge in [-0.05, 0) is 41.0 Å². The fourth-order valence-electron chi connectivity index (χ4n) is 2.39. The zero-order valence-electron chi connectivity index (χ0n) is 14.9. The zero-order chi connectivity index (χ0) is 17.7. The van der Waals surface area contributed by atoms with Crippen LogP contribution in [0, 0.1) is 13.8 Å². The van der Waals surface area contributed by atoms with Crippen LogP contribution in [0.15, 0.2) is 4.42 Å². The van der Waals surface area contributed by atoms with E-state index in [1.807, 2.05) is 13.8 Å². The van der Waals surface area contributed by atoms with Gasteiger partial charge in [0.2, 0.25) is 5.71 Å². The first-order valence-electron chi connectivity index (χ1n) is 8.24. The highest BCUT2D eigenvalue weighted by molar-refractivity contribution is 6.07. The molecule has 0 amide bonds. The van der Waals surface area contributed by atoms with Crippen molar-refractivity contribution in [2.75, 3.05) is 25.1 Å². The Kier molecular flexibility index (Phi) is 6.14. The summed E-state index contributed by atoms with van der Waals surface area (Å²) in [5.74, 6) is 1.22. The first-order chi connectivity index (χ1) is 11.4. The van der Waals surface area contributed by atoms with E-state index in [1.165, 1.54) is 0 Å². The molecule has 0 aromatic carbocycles. The summed E-state index contributed by atoms with van der Waals surface area (Å²) in [6.45, 7) is 10.9. The third-order valence-corrected chi connectivity index (χ3v) is 3.38. The zero-order valence-corrected chi connectivity index (χ0v) is 14.9. The fourth-order valence-corrected chi connectivity index (χ4v) is 2.39. The van der Waals surface area contributed by atoms with Crippen LogP contribution in [0.4, 0.5) is 5.82 Å². The van der Waals surface area contributed by atoms with Crippen molar-refractivity contribution in [1.82, 2.24) is 9.97 Å². The Labute approximate surface area is 141 Å². The second-order valence-electron chi connectivity index (χ2n) is 5.75. The number of hydrogen-bond acceptors (Lipinski definition) is 7. The van der Waals surface area contributed by atoms with Gasteiger partial charge in [0.05, 0.1) is 18.1 Å². The molecule has 1 N–H and O–H groups in total. The topological polar surface area (TPSA) is 86.5 Å². The van der Waals surface area contributed by atoms with Gasteiger partial charge < -0.3 is 19.2 Å². The first kappa shape index (κ1) is 18.2. The van der Waals surface area contributed by atoms with E-state index in [4.69, 9.17) is 13.9 Å². The van der Waals surface area contributed by atoms with Crippen LogP contribution in [0.5, 0.6) is 0 Å². The van der Waals surface area contributed by atoms with Crippen LogP contribution in [0.3, 0.4) is 0 Å². The molecular formula is C17H25N3O4. The van der Waals surface area contributed by atoms with Crippen LogP contribution >= 0.6 is 0 Å². The fraction of sp³-hybridized carbons (Fsp3) is 0.588. The summed E-state index contributed by atoms with van der Waals surface area (Å²) in [6, 6.07) is 0. The number of nitrogens with one attached hydrogen (secondary N) is 1. The maximum Gasteiger partial charge on any atom is 0.342 e. The average Bonchev–Trinajstić information content (AvgIpc) is 2.82. The highest BCUT2D eigenvalue weighted by Crippen LogP contribution is 2.30. The van der Waals surface area contributed by atoms with Crippen LogP contribution in [0.2, 0.25) is 0 Å². The van der Waals surface area contributed by atoms with Gasteiger partial charge in [-0.25, -0.2) is 9.78 Å². The second-order valence-corrected chi connectivity index (χ2v) is 5.75. The Morgan fingerprint density at radius 3 is 2.71 bits per heavy atom. The molecule has 7 heteroatoms. The Balaban J connectivity index is 2.26. The lowest BCUT2D eigenvalue weighted by Gasteiger charge is -2.10. The summed E-state index contributed by atoms with van der Waals surface area (Å²) in [5.41, 5.74) is 0.775. The van der Waals surface area contributed by atoms with Gasteiger partial charge in [-0.1, -0.05) is 0 Å². The van der Waals surface area contributed by atoms with Crippen LogP contribution in [0.25, 0.3) is 11.1 Å². The summed E-state index contributed by atoms with van der Waals surface area (Å²) in [6.07, 6.45) is 1.04. The van der Waals surface area contributed by atoms with Crippen molar-refractivity contribution in [3.63, 3.8) is 0 Å². The second kappa shape index (κ2) is 8.10. The Morgan fingerprint density at radius 2 is 2.04 bits per heavy atom. The maximum atomic E-state index is 12.2. The van der Waals surface area contributed by atoms with Gasteiger partial charge in [0.25, 0.3) is 0 Å². The summed E-state index contributed by atoms with van der Waals surface area (Å²) in [5, 5.41) is 3.82. The Hall–Kier alpha value is -2.15. The van der Waals surface area contributed by atoms with E-state index < -0.39 is 5.97 Å². The van der Waals surface area contributed by atoms with Gasteiger partial charge in [-0.2, -0.15) is 4.98 Å². The number of hydrogen-bond donors (Lipinski definition) is 1. The number of carbonyl (C=O) groups excluding carboxylic acids is 1. The molecular weight excluding hydrogens is 310 g/mol. The summed E-state index contributed by atoms with van der Waals surface area (Å²) in [4.78, 5) is 20.9. The first-order valence-corrected chi connectivity index (χ1v) is 8.24. The molecule has 0 bridgehead atoms. The number of anilines is 1. The molecule has 2 heterocycles. The minimum absolute atomic E-state index is 0.213. The minimum Gasteiger partial charge on any atom is -0.462 e. The van der Waals surface area contributed by atoms with E-state index in [0.717, 1.165) is 6.42 Å². The number of esters is 1. The molecule has 0 atom stereocenters. The molecule has 132 valence electrons. The number of carbonyl (C=O) groups is 1. The van der Waals surface area contributed by atoms with Crippen molar-refractivity contribution in [3.8, 4) is 0 Å². The molecule has 2 rings (SSSR count). The van der Waals surface area contributed by atoms with Gasteiger partial charge in [-0.3, -0.25) is 0 Å². The predicted octanol–water partition coefficient (Wildman–Crippen LogP) is 3.24. The third kappa shape index (κ3) is 4.23. The van der Waals surface area contributed by atoms with Crippen molar-refractivity contribution in [1.29, 1.82) is 0 Å². The SMILES string of the molecule is CCOC(=O)c1c(C)oc2nc(C)nc(NCCCOC(C)C)c12. The number of fused-ring (bicyclic) bond motifs is 1. The van der Waals surface area contributed by atoms with Crippen molar-refractivity contribution >= 4 is 22.9 Å². The molecule has 0 saturated heterocycles. The van der Waals surface area contributed by atoms with Gasteiger partial charge in [-0.15, -0.1) is 0 Å². The third-order valence-electron chi connectivity index (χ3n) is 3.38. The van der Waals surface area contributed by atoms with Gasteiger partial charge in [0, 0.05) is 13.2 Å². The summed E-state index contributed by atoms with van der Waals surface area (Å²) >= 11 is 0. The molecule has 0 aliphatic carbocycles. The van der Waals surface area contributed by atoms with Crippen LogP contribution in [0.1, 0.15) is 49.1 Å². The number of rotatable bonds is 8. The molecule has 0 fully saturated rings. The van der Waals surface area contributed by atoms with Crippen molar-refractivity contribution in [3.05, 3.63) is 17.1 Å². The molecule has 0 unspecified atom stereocenters. The van der Waals surface area contributed by atoms with Gasteiger partial charge >= 0.3 is 5.97 Å². The molecule has 24 heavy (non-hydrogen) atoms. The lowest BCUT2D eigenvalue weighted by atomic mass is 10.2. The van der Waals surface area contributed by atoms with E-state index in [-0.39, 0.29) is 6.10 Å². The van der Waals surface area contributed by atoms with E-state index in [1.54, 1.807) is 20.8 Å². The van der Waals surface area contributed by atoms with E-state index in [0.29, 0.717) is 53.8 Å². The highest BCUT2D eigenvalue weighted by Gasteiger charge is 2.24. The smallest absolute Gasteiger partial charge is 0.342 e. The molecule has 0 aliphatic heterocycles. The van der Waals surface area contributed by atoms with Crippen molar-refractivity contribution < 1.29 is 18.7 Å².